The van der Waals surface area contributed by atoms with Gasteiger partial charge in [-0.2, -0.15) is 0 Å². The third-order valence-electron chi connectivity index (χ3n) is 6.92. The Morgan fingerprint density at radius 1 is 1.17 bits per heavy atom. The Morgan fingerprint density at radius 2 is 1.91 bits per heavy atom. The van der Waals surface area contributed by atoms with Crippen LogP contribution >= 0.6 is 11.6 Å². The third-order valence-corrected chi connectivity index (χ3v) is 7.22. The Morgan fingerprint density at radius 3 is 2.66 bits per heavy atom. The molecule has 2 aromatic rings. The van der Waals surface area contributed by atoms with E-state index in [0.29, 0.717) is 61.6 Å². The van der Waals surface area contributed by atoms with E-state index >= 15 is 0 Å². The van der Waals surface area contributed by atoms with Crippen molar-refractivity contribution in [1.29, 1.82) is 0 Å². The molecule has 2 fully saturated rings. The molecule has 35 heavy (non-hydrogen) atoms. The molecule has 1 atom stereocenters. The number of methoxy groups -OCH3 is 1. The van der Waals surface area contributed by atoms with Gasteiger partial charge in [0.15, 0.2) is 0 Å². The molecule has 8 nitrogen and oxygen atoms in total. The van der Waals surface area contributed by atoms with E-state index in [2.05, 4.69) is 27.9 Å². The summed E-state index contributed by atoms with van der Waals surface area (Å²) in [6.45, 7) is 4.50. The van der Waals surface area contributed by atoms with E-state index in [1.54, 1.807) is 13.3 Å². The zero-order valence-corrected chi connectivity index (χ0v) is 21.5. The largest absolute Gasteiger partial charge is 0.388 e. The van der Waals surface area contributed by atoms with Gasteiger partial charge in [0.25, 0.3) is 0 Å². The fraction of sp³-hybridized carbons (Fsp3) is 0.615. The van der Waals surface area contributed by atoms with Crippen LogP contribution in [0.25, 0.3) is 11.3 Å². The molecule has 0 amide bonds. The summed E-state index contributed by atoms with van der Waals surface area (Å²) in [6, 6.07) is 9.05. The van der Waals surface area contributed by atoms with Crippen molar-refractivity contribution in [2.24, 2.45) is 0 Å². The van der Waals surface area contributed by atoms with E-state index in [1.165, 1.54) is 0 Å². The van der Waals surface area contributed by atoms with Crippen LogP contribution in [-0.4, -0.2) is 72.3 Å². The summed E-state index contributed by atoms with van der Waals surface area (Å²) < 4.78 is 10.6. The van der Waals surface area contributed by atoms with Gasteiger partial charge in [-0.05, 0) is 50.8 Å². The highest BCUT2D eigenvalue weighted by Gasteiger charge is 2.29. The Bertz CT molecular complexity index is 948. The number of hydrogen-bond acceptors (Lipinski definition) is 8. The molecule has 0 bridgehead atoms. The molecule has 2 aromatic heterocycles. The van der Waals surface area contributed by atoms with Crippen molar-refractivity contribution in [3.8, 4) is 11.3 Å². The van der Waals surface area contributed by atoms with Gasteiger partial charge < -0.3 is 30.5 Å². The quantitative estimate of drug-likeness (QED) is 0.384. The lowest BCUT2D eigenvalue weighted by molar-refractivity contribution is -0.0543. The number of halogens is 1. The maximum atomic E-state index is 10.7. The second-order valence-electron chi connectivity index (χ2n) is 9.86. The lowest BCUT2D eigenvalue weighted by atomic mass is 9.90. The van der Waals surface area contributed by atoms with Gasteiger partial charge in [-0.3, -0.25) is 0 Å². The molecule has 1 saturated carbocycles. The molecule has 0 unspecified atom stereocenters. The van der Waals surface area contributed by atoms with E-state index in [4.69, 9.17) is 26.1 Å². The average molecular weight is 504 g/mol. The predicted octanol–water partition coefficient (Wildman–Crippen LogP) is 4.10. The van der Waals surface area contributed by atoms with Gasteiger partial charge in [0.2, 0.25) is 0 Å². The first-order valence-electron chi connectivity index (χ1n) is 12.6. The first-order valence-corrected chi connectivity index (χ1v) is 13.0. The molecule has 0 radical (unpaired) electrons. The molecule has 1 aliphatic carbocycles. The predicted molar refractivity (Wildman–Crippen MR) is 140 cm³/mol. The van der Waals surface area contributed by atoms with Crippen LogP contribution in [0.2, 0.25) is 5.02 Å². The highest BCUT2D eigenvalue weighted by Crippen LogP contribution is 2.30. The zero-order valence-electron chi connectivity index (χ0n) is 20.7. The second kappa shape index (κ2) is 12.3. The number of anilines is 2. The van der Waals surface area contributed by atoms with Gasteiger partial charge in [-0.15, -0.1) is 0 Å². The molecule has 0 aromatic carbocycles. The lowest BCUT2D eigenvalue weighted by Gasteiger charge is -2.32. The molecule has 4 rings (SSSR count). The number of hydrogen-bond donors (Lipinski definition) is 4. The first kappa shape index (κ1) is 26.1. The minimum absolute atomic E-state index is 0.368. The number of nitrogens with zero attached hydrogens (tertiary/aromatic N) is 2. The number of ether oxygens (including phenoxy) is 2. The molecule has 1 aliphatic heterocycles. The molecular formula is C26H38ClN5O3. The normalized spacial score (nSPS) is 23.0. The van der Waals surface area contributed by atoms with Gasteiger partial charge in [-0.25, -0.2) is 9.97 Å². The Labute approximate surface area is 213 Å². The SMILES string of the molecule is COC[C@H](C)N[C@H]1CC[C@H](Nc2cc(-c3cccc(NCC4(O)CCOCC4)n3)c(Cl)cn2)CC1. The molecule has 9 heteroatoms. The van der Waals surface area contributed by atoms with Crippen molar-refractivity contribution >= 4 is 23.2 Å². The number of rotatable bonds is 10. The van der Waals surface area contributed by atoms with E-state index in [1.807, 2.05) is 24.3 Å². The van der Waals surface area contributed by atoms with Crippen LogP contribution in [0.4, 0.5) is 11.6 Å². The summed E-state index contributed by atoms with van der Waals surface area (Å²) in [7, 11) is 1.74. The van der Waals surface area contributed by atoms with Crippen LogP contribution < -0.4 is 16.0 Å². The van der Waals surface area contributed by atoms with E-state index < -0.39 is 5.60 Å². The van der Waals surface area contributed by atoms with Crippen molar-refractivity contribution in [1.82, 2.24) is 15.3 Å². The molecule has 1 saturated heterocycles. The summed E-state index contributed by atoms with van der Waals surface area (Å²) in [4.78, 5) is 9.26. The fourth-order valence-electron chi connectivity index (χ4n) is 4.89. The van der Waals surface area contributed by atoms with Crippen LogP contribution in [-0.2, 0) is 9.47 Å². The maximum Gasteiger partial charge on any atom is 0.126 e. The summed E-state index contributed by atoms with van der Waals surface area (Å²) in [5, 5.41) is 21.8. The molecule has 3 heterocycles. The monoisotopic (exact) mass is 503 g/mol. The molecule has 0 spiro atoms. The summed E-state index contributed by atoms with van der Waals surface area (Å²) in [5.41, 5.74) is 0.836. The van der Waals surface area contributed by atoms with E-state index in [0.717, 1.165) is 49.4 Å². The highest BCUT2D eigenvalue weighted by atomic mass is 35.5. The Hall–Kier alpha value is -1.97. The number of aromatic nitrogens is 2. The second-order valence-corrected chi connectivity index (χ2v) is 10.3. The third kappa shape index (κ3) is 7.51. The van der Waals surface area contributed by atoms with Crippen LogP contribution in [0.15, 0.2) is 30.5 Å². The zero-order chi connectivity index (χ0) is 24.7. The highest BCUT2D eigenvalue weighted by molar-refractivity contribution is 6.33. The average Bonchev–Trinajstić information content (AvgIpc) is 2.86. The number of pyridine rings is 2. The summed E-state index contributed by atoms with van der Waals surface area (Å²) in [6.07, 6.45) is 7.35. The van der Waals surface area contributed by atoms with Gasteiger partial charge in [0.1, 0.15) is 11.6 Å². The first-order chi connectivity index (χ1) is 16.9. The standard InChI is InChI=1S/C26H38ClN5O3/c1-18(16-34-2)30-19-6-8-20(9-7-19)31-25-14-21(22(27)15-28-25)23-4-3-5-24(32-23)29-17-26(33)10-12-35-13-11-26/h3-5,14-15,18-20,30,33H,6-13,16-17H2,1-2H3,(H,28,31)(H,29,32)/t18-,19-,20-/m0/s1. The van der Waals surface area contributed by atoms with Crippen LogP contribution in [0.1, 0.15) is 45.4 Å². The van der Waals surface area contributed by atoms with Crippen LogP contribution in [0.3, 0.4) is 0 Å². The Kier molecular flexibility index (Phi) is 9.19. The van der Waals surface area contributed by atoms with Crippen molar-refractivity contribution < 1.29 is 14.6 Å². The van der Waals surface area contributed by atoms with E-state index in [9.17, 15) is 5.11 Å². The number of nitrogens with one attached hydrogen (secondary N) is 3. The van der Waals surface area contributed by atoms with Gasteiger partial charge >= 0.3 is 0 Å². The topological polar surface area (TPSA) is 101 Å². The number of aliphatic hydroxyl groups is 1. The van der Waals surface area contributed by atoms with Gasteiger partial charge in [0.05, 0.1) is 22.9 Å². The molecule has 2 aliphatic rings. The fourth-order valence-corrected chi connectivity index (χ4v) is 5.09. The van der Waals surface area contributed by atoms with Gasteiger partial charge in [-0.1, -0.05) is 17.7 Å². The molecular weight excluding hydrogens is 466 g/mol. The van der Waals surface area contributed by atoms with Crippen LogP contribution in [0.5, 0.6) is 0 Å². The van der Waals surface area contributed by atoms with Crippen molar-refractivity contribution in [2.75, 3.05) is 44.1 Å². The van der Waals surface area contributed by atoms with Crippen molar-refractivity contribution in [3.05, 3.63) is 35.5 Å². The van der Waals surface area contributed by atoms with Crippen molar-refractivity contribution in [3.63, 3.8) is 0 Å². The van der Waals surface area contributed by atoms with Crippen molar-refractivity contribution in [2.45, 2.75) is 69.2 Å². The smallest absolute Gasteiger partial charge is 0.126 e. The van der Waals surface area contributed by atoms with Crippen LogP contribution in [0, 0.1) is 0 Å². The Balaban J connectivity index is 1.36. The molecule has 4 N–H and O–H groups in total. The lowest BCUT2D eigenvalue weighted by Crippen LogP contribution is -2.42. The summed E-state index contributed by atoms with van der Waals surface area (Å²) in [5.74, 6) is 1.52. The molecule has 192 valence electrons. The summed E-state index contributed by atoms with van der Waals surface area (Å²) >= 11 is 6.52. The minimum atomic E-state index is -0.766. The minimum Gasteiger partial charge on any atom is -0.388 e. The van der Waals surface area contributed by atoms with Gasteiger partial charge in [0, 0.05) is 69.6 Å². The maximum absolute atomic E-state index is 10.7. The van der Waals surface area contributed by atoms with E-state index in [-0.39, 0.29) is 0 Å².